The van der Waals surface area contributed by atoms with Gasteiger partial charge in [-0.25, -0.2) is 0 Å². The van der Waals surface area contributed by atoms with E-state index >= 15 is 0 Å². The zero-order valence-corrected chi connectivity index (χ0v) is 16.8. The summed E-state index contributed by atoms with van der Waals surface area (Å²) in [4.78, 5) is 12.1. The van der Waals surface area contributed by atoms with E-state index in [9.17, 15) is 4.79 Å². The third-order valence-corrected chi connectivity index (χ3v) is 3.97. The van der Waals surface area contributed by atoms with Crippen molar-refractivity contribution in [2.75, 3.05) is 19.5 Å². The Morgan fingerprint density at radius 2 is 1.81 bits per heavy atom. The fourth-order valence-corrected chi connectivity index (χ4v) is 2.90. The van der Waals surface area contributed by atoms with Crippen LogP contribution in [0.3, 0.4) is 0 Å². The zero-order chi connectivity index (χ0) is 19.1. The third kappa shape index (κ3) is 5.52. The van der Waals surface area contributed by atoms with Crippen molar-refractivity contribution in [2.24, 2.45) is 0 Å². The van der Waals surface area contributed by atoms with Crippen LogP contribution in [0.15, 0.2) is 46.9 Å². The number of hydrogen-bond acceptors (Lipinski definition) is 4. The molecule has 1 amide bonds. The van der Waals surface area contributed by atoms with Gasteiger partial charge in [-0.15, -0.1) is 0 Å². The lowest BCUT2D eigenvalue weighted by Gasteiger charge is -2.10. The van der Waals surface area contributed by atoms with Gasteiger partial charge < -0.3 is 19.5 Å². The highest BCUT2D eigenvalue weighted by Crippen LogP contribution is 2.36. The normalized spacial score (nSPS) is 10.8. The van der Waals surface area contributed by atoms with Gasteiger partial charge in [0.2, 0.25) is 5.91 Å². The molecule has 0 bridgehead atoms. The van der Waals surface area contributed by atoms with Crippen LogP contribution >= 0.6 is 15.9 Å². The largest absolute Gasteiger partial charge is 0.493 e. The van der Waals surface area contributed by atoms with Crippen molar-refractivity contribution in [3.8, 4) is 17.2 Å². The summed E-state index contributed by atoms with van der Waals surface area (Å²) in [6.07, 6.45) is 3.28. The summed E-state index contributed by atoms with van der Waals surface area (Å²) in [7, 11) is 3.14. The van der Waals surface area contributed by atoms with Crippen LogP contribution in [0.1, 0.15) is 19.4 Å². The van der Waals surface area contributed by atoms with Crippen molar-refractivity contribution >= 4 is 33.6 Å². The Kier molecular flexibility index (Phi) is 7.09. The lowest BCUT2D eigenvalue weighted by Crippen LogP contribution is -2.08. The van der Waals surface area contributed by atoms with E-state index in [0.717, 1.165) is 15.8 Å². The first-order chi connectivity index (χ1) is 12.4. The van der Waals surface area contributed by atoms with Crippen molar-refractivity contribution in [3.63, 3.8) is 0 Å². The number of nitrogens with one attached hydrogen (secondary N) is 1. The molecule has 2 rings (SSSR count). The Hall–Kier alpha value is -2.47. The van der Waals surface area contributed by atoms with Crippen LogP contribution in [-0.4, -0.2) is 26.2 Å². The summed E-state index contributed by atoms with van der Waals surface area (Å²) in [5, 5.41) is 2.81. The highest BCUT2D eigenvalue weighted by molar-refractivity contribution is 9.10. The molecule has 0 spiro atoms. The van der Waals surface area contributed by atoms with Crippen molar-refractivity contribution in [1.29, 1.82) is 0 Å². The van der Waals surface area contributed by atoms with E-state index in [1.807, 2.05) is 32.0 Å². The fraction of sp³-hybridized carbons (Fsp3) is 0.250. The molecule has 0 aliphatic rings. The number of amides is 1. The molecule has 5 nitrogen and oxygen atoms in total. The maximum absolute atomic E-state index is 12.1. The molecule has 0 aromatic heterocycles. The average Bonchev–Trinajstić information content (AvgIpc) is 2.60. The van der Waals surface area contributed by atoms with Gasteiger partial charge in [0.25, 0.3) is 0 Å². The molecule has 0 aliphatic carbocycles. The minimum atomic E-state index is -0.228. The van der Waals surface area contributed by atoms with Crippen LogP contribution in [0.2, 0.25) is 0 Å². The molecule has 0 fully saturated rings. The summed E-state index contributed by atoms with van der Waals surface area (Å²) in [5.41, 5.74) is 1.51. The summed E-state index contributed by atoms with van der Waals surface area (Å²) in [5.74, 6) is 1.73. The monoisotopic (exact) mass is 419 g/mol. The SMILES string of the molecule is COc1cc(/C=C/C(=O)Nc2ccc(OC(C)C)cc2)cc(Br)c1OC. The Bertz CT molecular complexity index is 785. The molecule has 1 N–H and O–H groups in total. The molecule has 0 radical (unpaired) electrons. The Morgan fingerprint density at radius 1 is 1.12 bits per heavy atom. The van der Waals surface area contributed by atoms with Crippen LogP contribution < -0.4 is 19.5 Å². The highest BCUT2D eigenvalue weighted by atomic mass is 79.9. The number of methoxy groups -OCH3 is 2. The molecule has 0 unspecified atom stereocenters. The Balaban J connectivity index is 2.04. The van der Waals surface area contributed by atoms with Crippen LogP contribution in [0.25, 0.3) is 6.08 Å². The first kappa shape index (κ1) is 19.8. The second-order valence-corrected chi connectivity index (χ2v) is 6.61. The smallest absolute Gasteiger partial charge is 0.248 e. The van der Waals surface area contributed by atoms with Gasteiger partial charge in [0.15, 0.2) is 11.5 Å². The summed E-state index contributed by atoms with van der Waals surface area (Å²) in [6.45, 7) is 3.93. The van der Waals surface area contributed by atoms with E-state index in [1.165, 1.54) is 6.08 Å². The predicted octanol–water partition coefficient (Wildman–Crippen LogP) is 4.91. The molecule has 2 aromatic carbocycles. The van der Waals surface area contributed by atoms with Crippen molar-refractivity contribution in [2.45, 2.75) is 20.0 Å². The van der Waals surface area contributed by atoms with Crippen LogP contribution in [0.5, 0.6) is 17.2 Å². The molecule has 6 heteroatoms. The van der Waals surface area contributed by atoms with Gasteiger partial charge in [0, 0.05) is 11.8 Å². The number of ether oxygens (including phenoxy) is 3. The average molecular weight is 420 g/mol. The van der Waals surface area contributed by atoms with E-state index in [1.54, 1.807) is 38.5 Å². The fourth-order valence-electron chi connectivity index (χ4n) is 2.28. The number of hydrogen-bond donors (Lipinski definition) is 1. The predicted molar refractivity (Wildman–Crippen MR) is 107 cm³/mol. The summed E-state index contributed by atoms with van der Waals surface area (Å²) >= 11 is 3.43. The van der Waals surface area contributed by atoms with Gasteiger partial charge in [-0.2, -0.15) is 0 Å². The molecule has 138 valence electrons. The van der Waals surface area contributed by atoms with Crippen molar-refractivity contribution < 1.29 is 19.0 Å². The van der Waals surface area contributed by atoms with Gasteiger partial charge in [0.05, 0.1) is 24.8 Å². The molecule has 0 aliphatic heterocycles. The van der Waals surface area contributed by atoms with Crippen LogP contribution in [-0.2, 0) is 4.79 Å². The van der Waals surface area contributed by atoms with E-state index in [-0.39, 0.29) is 12.0 Å². The molecular formula is C20H22BrNO4. The molecule has 26 heavy (non-hydrogen) atoms. The van der Waals surface area contributed by atoms with E-state index in [0.29, 0.717) is 17.2 Å². The lowest BCUT2D eigenvalue weighted by molar-refractivity contribution is -0.111. The first-order valence-electron chi connectivity index (χ1n) is 8.10. The first-order valence-corrected chi connectivity index (χ1v) is 8.89. The number of rotatable bonds is 7. The van der Waals surface area contributed by atoms with Crippen LogP contribution in [0.4, 0.5) is 5.69 Å². The highest BCUT2D eigenvalue weighted by Gasteiger charge is 2.09. The second-order valence-electron chi connectivity index (χ2n) is 5.75. The molecular weight excluding hydrogens is 398 g/mol. The van der Waals surface area contributed by atoms with Crippen molar-refractivity contribution in [1.82, 2.24) is 0 Å². The maximum Gasteiger partial charge on any atom is 0.248 e. The quantitative estimate of drug-likeness (QED) is 0.647. The minimum absolute atomic E-state index is 0.110. The van der Waals surface area contributed by atoms with Gasteiger partial charge >= 0.3 is 0 Å². The third-order valence-electron chi connectivity index (χ3n) is 3.38. The molecule has 0 atom stereocenters. The van der Waals surface area contributed by atoms with E-state index < -0.39 is 0 Å². The van der Waals surface area contributed by atoms with Gasteiger partial charge in [-0.05, 0) is 77.8 Å². The molecule has 0 saturated heterocycles. The molecule has 2 aromatic rings. The maximum atomic E-state index is 12.1. The molecule has 0 heterocycles. The Morgan fingerprint density at radius 3 is 2.38 bits per heavy atom. The number of halogens is 1. The number of carbonyl (C=O) groups excluding carboxylic acids is 1. The minimum Gasteiger partial charge on any atom is -0.493 e. The van der Waals surface area contributed by atoms with Gasteiger partial charge in [-0.1, -0.05) is 0 Å². The standard InChI is InChI=1S/C20H22BrNO4/c1-13(2)26-16-8-6-15(7-9-16)22-19(23)10-5-14-11-17(21)20(25-4)18(12-14)24-3/h5-13H,1-4H3,(H,22,23)/b10-5+. The lowest BCUT2D eigenvalue weighted by atomic mass is 10.2. The molecule has 0 saturated carbocycles. The number of carbonyl (C=O) groups is 1. The summed E-state index contributed by atoms with van der Waals surface area (Å²) < 4.78 is 16.9. The number of anilines is 1. The second kappa shape index (κ2) is 9.29. The Labute approximate surface area is 162 Å². The topological polar surface area (TPSA) is 56.8 Å². The van der Waals surface area contributed by atoms with Crippen LogP contribution in [0, 0.1) is 0 Å². The summed E-state index contributed by atoms with van der Waals surface area (Å²) in [6, 6.07) is 10.9. The number of benzene rings is 2. The van der Waals surface area contributed by atoms with Gasteiger partial charge in [-0.3, -0.25) is 4.79 Å². The van der Waals surface area contributed by atoms with E-state index in [4.69, 9.17) is 14.2 Å². The van der Waals surface area contributed by atoms with Crippen molar-refractivity contribution in [3.05, 3.63) is 52.5 Å². The van der Waals surface area contributed by atoms with Gasteiger partial charge in [0.1, 0.15) is 5.75 Å². The zero-order valence-electron chi connectivity index (χ0n) is 15.2. The van der Waals surface area contributed by atoms with E-state index in [2.05, 4.69) is 21.2 Å².